The highest BCUT2D eigenvalue weighted by Gasteiger charge is 2.38. The Labute approximate surface area is 189 Å². The van der Waals surface area contributed by atoms with Crippen LogP contribution in [-0.2, 0) is 20.6 Å². The summed E-state index contributed by atoms with van der Waals surface area (Å²) in [5.41, 5.74) is 7.05. The van der Waals surface area contributed by atoms with Crippen LogP contribution in [0.2, 0.25) is 18.1 Å². The van der Waals surface area contributed by atoms with Crippen molar-refractivity contribution in [3.8, 4) is 0 Å². The molecule has 1 heterocycles. The second-order valence-electron chi connectivity index (χ2n) is 9.73. The Morgan fingerprint density at radius 1 is 1.28 bits per heavy atom. The molecule has 1 atom stereocenters. The summed E-state index contributed by atoms with van der Waals surface area (Å²) in [7, 11) is -2.07. The van der Waals surface area contributed by atoms with Crippen LogP contribution in [0.1, 0.15) is 43.7 Å². The van der Waals surface area contributed by atoms with Gasteiger partial charge in [0.1, 0.15) is 13.1 Å². The number of carbonyl (C=O) groups is 3. The van der Waals surface area contributed by atoms with E-state index in [-0.39, 0.29) is 23.9 Å². The zero-order valence-corrected chi connectivity index (χ0v) is 20.9. The molecule has 9 nitrogen and oxygen atoms in total. The number of carboxylic acid groups (broad SMARTS) is 1. The number of aliphatic carboxylic acids is 1. The molecule has 0 saturated carbocycles. The molecule has 0 radical (unpaired) electrons. The Kier molecular flexibility index (Phi) is 7.51. The number of nitrogens with two attached hydrogens (primary N) is 1. The summed E-state index contributed by atoms with van der Waals surface area (Å²) in [6.07, 6.45) is 0. The third-order valence-electron chi connectivity index (χ3n) is 6.07. The first-order chi connectivity index (χ1) is 14.6. The number of nitrogens with zero attached hydrogens (tertiary/aromatic N) is 3. The van der Waals surface area contributed by atoms with Gasteiger partial charge in [-0.25, -0.2) is 0 Å². The van der Waals surface area contributed by atoms with Crippen LogP contribution in [0, 0.1) is 6.92 Å². The maximum atomic E-state index is 13.1. The number of aryl methyl sites for hydroxylation is 1. The molecule has 0 aliphatic carbocycles. The van der Waals surface area contributed by atoms with E-state index in [1.54, 1.807) is 19.1 Å². The van der Waals surface area contributed by atoms with Crippen LogP contribution in [0.5, 0.6) is 0 Å². The van der Waals surface area contributed by atoms with Crippen molar-refractivity contribution in [2.24, 2.45) is 5.73 Å². The summed E-state index contributed by atoms with van der Waals surface area (Å²) < 4.78 is 7.60. The van der Waals surface area contributed by atoms with Gasteiger partial charge in [0.15, 0.2) is 14.0 Å². The van der Waals surface area contributed by atoms with Crippen molar-refractivity contribution in [3.63, 3.8) is 0 Å². The minimum Gasteiger partial charge on any atom is -0.480 e. The molecule has 0 aliphatic heterocycles. The molecule has 1 aromatic carbocycles. The molecule has 0 unspecified atom stereocenters. The highest BCUT2D eigenvalue weighted by Crippen LogP contribution is 2.36. The van der Waals surface area contributed by atoms with Crippen LogP contribution in [0.4, 0.5) is 0 Å². The van der Waals surface area contributed by atoms with Gasteiger partial charge in [0.2, 0.25) is 5.91 Å². The lowest BCUT2D eigenvalue weighted by atomic mass is 10.1. The van der Waals surface area contributed by atoms with Gasteiger partial charge < -0.3 is 20.2 Å². The Morgan fingerprint density at radius 2 is 1.91 bits per heavy atom. The number of amides is 2. The van der Waals surface area contributed by atoms with Crippen LogP contribution >= 0.6 is 0 Å². The summed E-state index contributed by atoms with van der Waals surface area (Å²) in [5.74, 6) is -2.23. The Morgan fingerprint density at radius 3 is 2.44 bits per heavy atom. The van der Waals surface area contributed by atoms with E-state index in [1.165, 1.54) is 9.58 Å². The monoisotopic (exact) mass is 462 g/mol. The number of aromatic nitrogens is 2. The number of rotatable bonds is 9. The van der Waals surface area contributed by atoms with Crippen LogP contribution in [0.3, 0.4) is 0 Å². The second-order valence-corrected chi connectivity index (χ2v) is 14.5. The van der Waals surface area contributed by atoms with Crippen LogP contribution < -0.4 is 5.73 Å². The molecular weight excluding hydrogens is 428 g/mol. The lowest BCUT2D eigenvalue weighted by Gasteiger charge is -2.38. The summed E-state index contributed by atoms with van der Waals surface area (Å²) in [4.78, 5) is 37.7. The van der Waals surface area contributed by atoms with Gasteiger partial charge in [-0.3, -0.25) is 19.1 Å². The lowest BCUT2D eigenvalue weighted by Crippen LogP contribution is -2.49. The van der Waals surface area contributed by atoms with Crippen LogP contribution in [0.25, 0.3) is 10.9 Å². The predicted octanol–water partition coefficient (Wildman–Crippen LogP) is 2.77. The summed E-state index contributed by atoms with van der Waals surface area (Å²) in [6, 6.07) is 4.95. The number of carbonyl (C=O) groups excluding carboxylic acids is 2. The van der Waals surface area contributed by atoms with Gasteiger partial charge >= 0.3 is 5.97 Å². The third kappa shape index (κ3) is 5.74. The molecule has 0 saturated heterocycles. The average molecular weight is 463 g/mol. The fraction of sp³-hybridized carbons (Fsp3) is 0.545. The Hall–Kier alpha value is -2.72. The maximum Gasteiger partial charge on any atom is 0.323 e. The Bertz CT molecular complexity index is 1030. The number of hydrogen-bond donors (Lipinski definition) is 2. The molecule has 2 aromatic rings. The van der Waals surface area contributed by atoms with Gasteiger partial charge in [-0.2, -0.15) is 5.10 Å². The number of carboxylic acids is 1. The van der Waals surface area contributed by atoms with Crippen molar-refractivity contribution in [3.05, 3.63) is 29.5 Å². The fourth-order valence-electron chi connectivity index (χ4n) is 3.09. The molecule has 2 amide bonds. The van der Waals surface area contributed by atoms with Gasteiger partial charge in [-0.1, -0.05) is 32.4 Å². The number of primary amides is 1. The number of fused-ring (bicyclic) bond motifs is 1. The van der Waals surface area contributed by atoms with E-state index in [0.717, 1.165) is 5.56 Å². The van der Waals surface area contributed by atoms with Crippen molar-refractivity contribution < 1.29 is 23.9 Å². The molecule has 10 heteroatoms. The van der Waals surface area contributed by atoms with Gasteiger partial charge in [-0.15, -0.1) is 0 Å². The highest BCUT2D eigenvalue weighted by molar-refractivity contribution is 6.74. The number of benzene rings is 1. The SMILES string of the molecule is Cc1ccc2c(c1)c(C(N)=O)nn2CC(=O)N(CC(=O)O)[C@H](C)CO[Si](C)(C)C(C)(C)C. The minimum atomic E-state index is -2.07. The largest absolute Gasteiger partial charge is 0.480 e. The highest BCUT2D eigenvalue weighted by atomic mass is 28.4. The third-order valence-corrected chi connectivity index (χ3v) is 10.6. The summed E-state index contributed by atoms with van der Waals surface area (Å²) in [6.45, 7) is 13.8. The average Bonchev–Trinajstić information content (AvgIpc) is 3.00. The first-order valence-electron chi connectivity index (χ1n) is 10.6. The van der Waals surface area contributed by atoms with Crippen molar-refractivity contribution in [1.82, 2.24) is 14.7 Å². The van der Waals surface area contributed by atoms with Crippen molar-refractivity contribution in [2.75, 3.05) is 13.2 Å². The summed E-state index contributed by atoms with van der Waals surface area (Å²) >= 11 is 0. The summed E-state index contributed by atoms with van der Waals surface area (Å²) in [5, 5.41) is 14.2. The smallest absolute Gasteiger partial charge is 0.323 e. The zero-order valence-electron chi connectivity index (χ0n) is 19.9. The molecular formula is C22H34N4O5Si. The molecule has 0 spiro atoms. The van der Waals surface area contributed by atoms with E-state index >= 15 is 0 Å². The normalized spacial score (nSPS) is 13.2. The zero-order chi connectivity index (χ0) is 24.4. The molecule has 2 rings (SSSR count). The molecule has 0 bridgehead atoms. The maximum absolute atomic E-state index is 13.1. The van der Waals surface area contributed by atoms with E-state index < -0.39 is 38.7 Å². The molecule has 176 valence electrons. The fourth-order valence-corrected chi connectivity index (χ4v) is 4.18. The van der Waals surface area contributed by atoms with Crippen molar-refractivity contribution in [1.29, 1.82) is 0 Å². The lowest BCUT2D eigenvalue weighted by molar-refractivity contribution is -0.146. The molecule has 1 aromatic heterocycles. The topological polar surface area (TPSA) is 128 Å². The number of hydrogen-bond acceptors (Lipinski definition) is 5. The molecule has 32 heavy (non-hydrogen) atoms. The van der Waals surface area contributed by atoms with Gasteiger partial charge in [0.25, 0.3) is 5.91 Å². The van der Waals surface area contributed by atoms with E-state index in [0.29, 0.717) is 10.9 Å². The van der Waals surface area contributed by atoms with Gasteiger partial charge in [0, 0.05) is 5.39 Å². The van der Waals surface area contributed by atoms with E-state index in [4.69, 9.17) is 10.2 Å². The Balaban J connectivity index is 2.29. The first kappa shape index (κ1) is 25.5. The molecule has 0 aliphatic rings. The van der Waals surface area contributed by atoms with E-state index in [1.807, 2.05) is 13.0 Å². The standard InChI is InChI=1S/C22H34N4O5Si/c1-14-8-9-17-16(10-14)20(21(23)30)24-26(17)11-18(27)25(12-19(28)29)15(2)13-31-32(6,7)22(3,4)5/h8-10,15H,11-13H2,1-7H3,(H2,23,30)(H,28,29)/t15-/m1/s1. The quantitative estimate of drug-likeness (QED) is 0.552. The van der Waals surface area contributed by atoms with Crippen LogP contribution in [-0.4, -0.2) is 65.1 Å². The molecule has 0 fully saturated rings. The first-order valence-corrected chi connectivity index (χ1v) is 13.5. The van der Waals surface area contributed by atoms with Gasteiger partial charge in [-0.05, 0) is 44.1 Å². The second kappa shape index (κ2) is 9.41. The van der Waals surface area contributed by atoms with Crippen molar-refractivity contribution >= 4 is 37.0 Å². The molecule has 3 N–H and O–H groups in total. The van der Waals surface area contributed by atoms with E-state index in [2.05, 4.69) is 39.0 Å². The minimum absolute atomic E-state index is 0.00831. The van der Waals surface area contributed by atoms with Crippen LogP contribution in [0.15, 0.2) is 18.2 Å². The van der Waals surface area contributed by atoms with E-state index in [9.17, 15) is 19.5 Å². The van der Waals surface area contributed by atoms with Gasteiger partial charge in [0.05, 0.1) is 18.2 Å². The van der Waals surface area contributed by atoms with Crippen molar-refractivity contribution in [2.45, 2.75) is 65.3 Å². The predicted molar refractivity (Wildman–Crippen MR) is 125 cm³/mol.